The fraction of sp³-hybridized carbons (Fsp3) is 0.733. The van der Waals surface area contributed by atoms with E-state index in [2.05, 4.69) is 10.3 Å². The summed E-state index contributed by atoms with van der Waals surface area (Å²) in [5, 5.41) is 6.00. The standard InChI is InChI=1S/C15H24N2OS/c1-12-17-14(11-19-12)10-15(18)16-9-5-8-13-6-3-2-4-7-13/h11,13H,2-10H2,1H3,(H,16,18). The van der Waals surface area contributed by atoms with Gasteiger partial charge in [-0.15, -0.1) is 11.3 Å². The number of aromatic nitrogens is 1. The minimum absolute atomic E-state index is 0.106. The van der Waals surface area contributed by atoms with Gasteiger partial charge >= 0.3 is 0 Å². The van der Waals surface area contributed by atoms with Crippen molar-refractivity contribution in [1.29, 1.82) is 0 Å². The number of aryl methyl sites for hydroxylation is 1. The van der Waals surface area contributed by atoms with Gasteiger partial charge in [0.05, 0.1) is 17.1 Å². The van der Waals surface area contributed by atoms with E-state index in [-0.39, 0.29) is 5.91 Å². The molecule has 19 heavy (non-hydrogen) atoms. The Bertz CT molecular complexity index is 397. The largest absolute Gasteiger partial charge is 0.356 e. The number of carbonyl (C=O) groups excluding carboxylic acids is 1. The van der Waals surface area contributed by atoms with Crippen LogP contribution in [0.1, 0.15) is 55.6 Å². The van der Waals surface area contributed by atoms with Crippen LogP contribution in [-0.4, -0.2) is 17.4 Å². The molecule has 1 aliphatic rings. The molecule has 0 radical (unpaired) electrons. The smallest absolute Gasteiger partial charge is 0.226 e. The van der Waals surface area contributed by atoms with Crippen molar-refractivity contribution >= 4 is 17.2 Å². The number of carbonyl (C=O) groups is 1. The fourth-order valence-corrected chi connectivity index (χ4v) is 3.42. The molecule has 4 heteroatoms. The second kappa shape index (κ2) is 7.63. The predicted octanol–water partition coefficient (Wildman–Crippen LogP) is 3.47. The zero-order valence-electron chi connectivity index (χ0n) is 11.8. The van der Waals surface area contributed by atoms with Crippen molar-refractivity contribution in [1.82, 2.24) is 10.3 Å². The third-order valence-electron chi connectivity index (χ3n) is 3.84. The van der Waals surface area contributed by atoms with Crippen LogP contribution < -0.4 is 5.32 Å². The van der Waals surface area contributed by atoms with E-state index in [1.807, 2.05) is 12.3 Å². The van der Waals surface area contributed by atoms with E-state index in [9.17, 15) is 4.79 Å². The van der Waals surface area contributed by atoms with Gasteiger partial charge in [0.25, 0.3) is 0 Å². The quantitative estimate of drug-likeness (QED) is 0.811. The highest BCUT2D eigenvalue weighted by Gasteiger charge is 2.13. The van der Waals surface area contributed by atoms with E-state index in [0.717, 1.165) is 29.6 Å². The van der Waals surface area contributed by atoms with Crippen LogP contribution in [-0.2, 0) is 11.2 Å². The molecule has 1 aromatic heterocycles. The number of nitrogens with zero attached hydrogens (tertiary/aromatic N) is 1. The molecule has 1 aromatic rings. The molecule has 1 amide bonds. The fourth-order valence-electron chi connectivity index (χ4n) is 2.81. The highest BCUT2D eigenvalue weighted by molar-refractivity contribution is 7.09. The summed E-state index contributed by atoms with van der Waals surface area (Å²) in [5.74, 6) is 1.01. The van der Waals surface area contributed by atoms with Gasteiger partial charge in [0.2, 0.25) is 5.91 Å². The average molecular weight is 280 g/mol. The van der Waals surface area contributed by atoms with E-state index >= 15 is 0 Å². The van der Waals surface area contributed by atoms with Gasteiger partial charge < -0.3 is 5.32 Å². The topological polar surface area (TPSA) is 42.0 Å². The Morgan fingerprint density at radius 2 is 2.21 bits per heavy atom. The van der Waals surface area contributed by atoms with Gasteiger partial charge in [-0.1, -0.05) is 32.1 Å². The summed E-state index contributed by atoms with van der Waals surface area (Å²) in [6.45, 7) is 2.79. The van der Waals surface area contributed by atoms with Gasteiger partial charge in [0.1, 0.15) is 0 Å². The first kappa shape index (κ1) is 14.5. The summed E-state index contributed by atoms with van der Waals surface area (Å²) in [5.41, 5.74) is 0.896. The molecule has 0 spiro atoms. The van der Waals surface area contributed by atoms with Gasteiger partial charge in [0, 0.05) is 11.9 Å². The molecule has 2 rings (SSSR count). The van der Waals surface area contributed by atoms with Crippen molar-refractivity contribution in [2.24, 2.45) is 5.92 Å². The molecule has 3 nitrogen and oxygen atoms in total. The van der Waals surface area contributed by atoms with Crippen LogP contribution in [0, 0.1) is 12.8 Å². The lowest BCUT2D eigenvalue weighted by Gasteiger charge is -2.21. The number of rotatable bonds is 6. The molecular weight excluding hydrogens is 256 g/mol. The molecule has 106 valence electrons. The van der Waals surface area contributed by atoms with E-state index in [1.165, 1.54) is 38.5 Å². The number of hydrogen-bond acceptors (Lipinski definition) is 3. The molecule has 1 N–H and O–H groups in total. The van der Waals surface area contributed by atoms with Crippen LogP contribution in [0.4, 0.5) is 0 Å². The van der Waals surface area contributed by atoms with Crippen LogP contribution >= 0.6 is 11.3 Å². The third-order valence-corrected chi connectivity index (χ3v) is 4.67. The van der Waals surface area contributed by atoms with Crippen LogP contribution in [0.15, 0.2) is 5.38 Å². The second-order valence-corrected chi connectivity index (χ2v) is 6.59. The third kappa shape index (κ3) is 5.31. The summed E-state index contributed by atoms with van der Waals surface area (Å²) < 4.78 is 0. The highest BCUT2D eigenvalue weighted by Crippen LogP contribution is 2.26. The normalized spacial score (nSPS) is 16.5. The Morgan fingerprint density at radius 1 is 1.42 bits per heavy atom. The number of nitrogens with one attached hydrogen (secondary N) is 1. The van der Waals surface area contributed by atoms with Crippen molar-refractivity contribution in [3.63, 3.8) is 0 Å². The summed E-state index contributed by atoms with van der Waals surface area (Å²) >= 11 is 1.60. The van der Waals surface area contributed by atoms with Crippen LogP contribution in [0.2, 0.25) is 0 Å². The van der Waals surface area contributed by atoms with Gasteiger partial charge in [-0.3, -0.25) is 4.79 Å². The van der Waals surface area contributed by atoms with Crippen LogP contribution in [0.5, 0.6) is 0 Å². The average Bonchev–Trinajstić information content (AvgIpc) is 2.81. The minimum atomic E-state index is 0.106. The van der Waals surface area contributed by atoms with Crippen molar-refractivity contribution in [2.75, 3.05) is 6.54 Å². The van der Waals surface area contributed by atoms with E-state index in [0.29, 0.717) is 6.42 Å². The number of amides is 1. The SMILES string of the molecule is Cc1nc(CC(=O)NCCCC2CCCCC2)cs1. The zero-order valence-corrected chi connectivity index (χ0v) is 12.6. The summed E-state index contributed by atoms with van der Waals surface area (Å²) in [7, 11) is 0. The second-order valence-electron chi connectivity index (χ2n) is 5.53. The van der Waals surface area contributed by atoms with Gasteiger partial charge in [-0.2, -0.15) is 0 Å². The lowest BCUT2D eigenvalue weighted by atomic mass is 9.86. The molecule has 0 bridgehead atoms. The van der Waals surface area contributed by atoms with Crippen molar-refractivity contribution in [2.45, 2.75) is 58.3 Å². The summed E-state index contributed by atoms with van der Waals surface area (Å²) in [6.07, 6.45) is 9.83. The van der Waals surface area contributed by atoms with Crippen LogP contribution in [0.3, 0.4) is 0 Å². The molecule has 1 aliphatic carbocycles. The molecule has 0 unspecified atom stereocenters. The first-order valence-corrected chi connectivity index (χ1v) is 8.29. The maximum absolute atomic E-state index is 11.7. The molecule has 1 heterocycles. The first-order valence-electron chi connectivity index (χ1n) is 7.42. The lowest BCUT2D eigenvalue weighted by molar-refractivity contribution is -0.120. The number of hydrogen-bond donors (Lipinski definition) is 1. The first-order chi connectivity index (χ1) is 9.24. The zero-order chi connectivity index (χ0) is 13.5. The van der Waals surface area contributed by atoms with Crippen molar-refractivity contribution in [3.05, 3.63) is 16.1 Å². The Kier molecular flexibility index (Phi) is 5.83. The van der Waals surface area contributed by atoms with Crippen molar-refractivity contribution < 1.29 is 4.79 Å². The van der Waals surface area contributed by atoms with Gasteiger partial charge in [-0.05, 0) is 25.7 Å². The molecular formula is C15H24N2OS. The van der Waals surface area contributed by atoms with E-state index in [4.69, 9.17) is 0 Å². The van der Waals surface area contributed by atoms with Crippen LogP contribution in [0.25, 0.3) is 0 Å². The number of thiazole rings is 1. The van der Waals surface area contributed by atoms with Crippen molar-refractivity contribution in [3.8, 4) is 0 Å². The van der Waals surface area contributed by atoms with E-state index < -0.39 is 0 Å². The maximum atomic E-state index is 11.7. The predicted molar refractivity (Wildman–Crippen MR) is 79.4 cm³/mol. The van der Waals surface area contributed by atoms with Gasteiger partial charge in [0.15, 0.2) is 0 Å². The maximum Gasteiger partial charge on any atom is 0.226 e. The highest BCUT2D eigenvalue weighted by atomic mass is 32.1. The van der Waals surface area contributed by atoms with E-state index in [1.54, 1.807) is 11.3 Å². The molecule has 0 aliphatic heterocycles. The summed E-state index contributed by atoms with van der Waals surface area (Å²) in [6, 6.07) is 0. The molecule has 0 aromatic carbocycles. The molecule has 0 saturated heterocycles. The molecule has 1 saturated carbocycles. The van der Waals surface area contributed by atoms with Gasteiger partial charge in [-0.25, -0.2) is 4.98 Å². The minimum Gasteiger partial charge on any atom is -0.356 e. The Morgan fingerprint density at radius 3 is 2.89 bits per heavy atom. The Balaban J connectivity index is 1.56. The lowest BCUT2D eigenvalue weighted by Crippen LogP contribution is -2.26. The summed E-state index contributed by atoms with van der Waals surface area (Å²) in [4.78, 5) is 16.0. The molecule has 0 atom stereocenters. The molecule has 1 fully saturated rings. The monoisotopic (exact) mass is 280 g/mol. The Hall–Kier alpha value is -0.900. The Labute approximate surface area is 119 Å².